The third-order valence-corrected chi connectivity index (χ3v) is 2.25. The molecule has 0 heterocycles. The number of hydrogen-bond acceptors (Lipinski definition) is 3. The number of alkyl halides is 3. The SMILES string of the molecule is COc1cc(OC)cc([C@@H](N)CC(F)(F)F)c1.Cl. The van der Waals surface area contributed by atoms with Crippen molar-refractivity contribution in [3.05, 3.63) is 23.8 Å². The third kappa shape index (κ3) is 5.01. The van der Waals surface area contributed by atoms with Gasteiger partial charge in [0.15, 0.2) is 0 Å². The lowest BCUT2D eigenvalue weighted by molar-refractivity contribution is -0.138. The van der Waals surface area contributed by atoms with Gasteiger partial charge in [-0.1, -0.05) is 0 Å². The smallest absolute Gasteiger partial charge is 0.390 e. The van der Waals surface area contributed by atoms with Crippen LogP contribution in [0.2, 0.25) is 0 Å². The van der Waals surface area contributed by atoms with Crippen molar-refractivity contribution in [3.8, 4) is 11.5 Å². The molecule has 18 heavy (non-hydrogen) atoms. The predicted octanol–water partition coefficient (Wildman–Crippen LogP) is 3.08. The summed E-state index contributed by atoms with van der Waals surface area (Å²) in [5.74, 6) is 0.828. The minimum Gasteiger partial charge on any atom is -0.497 e. The molecule has 3 nitrogen and oxygen atoms in total. The van der Waals surface area contributed by atoms with Crippen LogP contribution in [-0.2, 0) is 0 Å². The Morgan fingerprint density at radius 3 is 1.89 bits per heavy atom. The zero-order valence-electron chi connectivity index (χ0n) is 9.95. The fraction of sp³-hybridized carbons (Fsp3) is 0.455. The molecule has 1 rings (SSSR count). The topological polar surface area (TPSA) is 44.5 Å². The van der Waals surface area contributed by atoms with Crippen LogP contribution in [0.5, 0.6) is 11.5 Å². The fourth-order valence-electron chi connectivity index (χ4n) is 1.41. The Balaban J connectivity index is 0.00000289. The first-order chi connectivity index (χ1) is 7.85. The minimum atomic E-state index is -4.30. The van der Waals surface area contributed by atoms with E-state index < -0.39 is 18.6 Å². The van der Waals surface area contributed by atoms with Gasteiger partial charge >= 0.3 is 6.18 Å². The standard InChI is InChI=1S/C11H14F3NO2.ClH/c1-16-8-3-7(4-9(5-8)17-2)10(15)6-11(12,13)14;/h3-5,10H,6,15H2,1-2H3;1H/t10-;/m0./s1. The molecule has 0 saturated heterocycles. The monoisotopic (exact) mass is 285 g/mol. The predicted molar refractivity (Wildman–Crippen MR) is 64.4 cm³/mol. The van der Waals surface area contributed by atoms with Crippen molar-refractivity contribution in [1.82, 2.24) is 0 Å². The lowest BCUT2D eigenvalue weighted by Gasteiger charge is -2.16. The molecule has 0 bridgehead atoms. The molecular weight excluding hydrogens is 271 g/mol. The molecule has 0 saturated carbocycles. The van der Waals surface area contributed by atoms with Gasteiger partial charge in [-0.2, -0.15) is 13.2 Å². The van der Waals surface area contributed by atoms with Crippen LogP contribution in [0.25, 0.3) is 0 Å². The molecule has 0 fully saturated rings. The van der Waals surface area contributed by atoms with E-state index in [0.29, 0.717) is 17.1 Å². The number of halogens is 4. The summed E-state index contributed by atoms with van der Waals surface area (Å²) in [5.41, 5.74) is 5.83. The second-order valence-corrected chi connectivity index (χ2v) is 3.57. The molecule has 0 radical (unpaired) electrons. The van der Waals surface area contributed by atoms with Crippen molar-refractivity contribution in [1.29, 1.82) is 0 Å². The van der Waals surface area contributed by atoms with E-state index in [1.807, 2.05) is 0 Å². The number of methoxy groups -OCH3 is 2. The highest BCUT2D eigenvalue weighted by atomic mass is 35.5. The van der Waals surface area contributed by atoms with E-state index in [0.717, 1.165) is 0 Å². The molecule has 0 unspecified atom stereocenters. The van der Waals surface area contributed by atoms with Crippen LogP contribution in [0.1, 0.15) is 18.0 Å². The van der Waals surface area contributed by atoms with Crippen LogP contribution < -0.4 is 15.2 Å². The van der Waals surface area contributed by atoms with Crippen LogP contribution in [-0.4, -0.2) is 20.4 Å². The molecule has 2 N–H and O–H groups in total. The van der Waals surface area contributed by atoms with Gasteiger partial charge in [-0.15, -0.1) is 12.4 Å². The van der Waals surface area contributed by atoms with E-state index in [2.05, 4.69) is 0 Å². The number of ether oxygens (including phenoxy) is 2. The van der Waals surface area contributed by atoms with Crippen molar-refractivity contribution >= 4 is 12.4 Å². The Hall–Kier alpha value is -1.14. The molecule has 1 aromatic rings. The zero-order chi connectivity index (χ0) is 13.1. The van der Waals surface area contributed by atoms with Gasteiger partial charge in [0.25, 0.3) is 0 Å². The largest absolute Gasteiger partial charge is 0.497 e. The maximum Gasteiger partial charge on any atom is 0.390 e. The average Bonchev–Trinajstić information content (AvgIpc) is 2.26. The average molecular weight is 286 g/mol. The molecule has 0 aliphatic carbocycles. The van der Waals surface area contributed by atoms with E-state index in [1.54, 1.807) is 6.07 Å². The summed E-state index contributed by atoms with van der Waals surface area (Å²) in [5, 5.41) is 0. The van der Waals surface area contributed by atoms with Crippen LogP contribution in [0.4, 0.5) is 13.2 Å². The van der Waals surface area contributed by atoms with Crippen molar-refractivity contribution in [3.63, 3.8) is 0 Å². The van der Waals surface area contributed by atoms with Crippen LogP contribution in [0, 0.1) is 0 Å². The van der Waals surface area contributed by atoms with E-state index >= 15 is 0 Å². The van der Waals surface area contributed by atoms with Gasteiger partial charge in [0, 0.05) is 12.1 Å². The molecule has 1 aromatic carbocycles. The second-order valence-electron chi connectivity index (χ2n) is 3.57. The van der Waals surface area contributed by atoms with Crippen molar-refractivity contribution < 1.29 is 22.6 Å². The summed E-state index contributed by atoms with van der Waals surface area (Å²) in [6, 6.07) is 3.39. The van der Waals surface area contributed by atoms with Crippen molar-refractivity contribution in [2.24, 2.45) is 5.73 Å². The normalized spacial score (nSPS) is 12.6. The number of rotatable bonds is 4. The summed E-state index contributed by atoms with van der Waals surface area (Å²) in [6.45, 7) is 0. The zero-order valence-corrected chi connectivity index (χ0v) is 10.8. The highest BCUT2D eigenvalue weighted by Crippen LogP contribution is 2.31. The highest BCUT2D eigenvalue weighted by molar-refractivity contribution is 5.85. The van der Waals surface area contributed by atoms with Crippen molar-refractivity contribution in [2.75, 3.05) is 14.2 Å². The summed E-state index contributed by atoms with van der Waals surface area (Å²) >= 11 is 0. The lowest BCUT2D eigenvalue weighted by atomic mass is 10.0. The Labute approximate surface area is 109 Å². The van der Waals surface area contributed by atoms with Crippen LogP contribution >= 0.6 is 12.4 Å². The first-order valence-electron chi connectivity index (χ1n) is 4.91. The maximum atomic E-state index is 12.2. The first kappa shape index (κ1) is 16.9. The Kier molecular flexibility index (Phi) is 6.28. The molecule has 0 aliphatic heterocycles. The van der Waals surface area contributed by atoms with Crippen molar-refractivity contribution in [2.45, 2.75) is 18.6 Å². The van der Waals surface area contributed by atoms with Gasteiger partial charge in [0.05, 0.1) is 20.6 Å². The van der Waals surface area contributed by atoms with E-state index in [-0.39, 0.29) is 12.4 Å². The number of nitrogens with two attached hydrogens (primary N) is 1. The molecule has 0 aliphatic rings. The number of hydrogen-bond donors (Lipinski definition) is 1. The quantitative estimate of drug-likeness (QED) is 0.924. The summed E-state index contributed by atoms with van der Waals surface area (Å²) in [6.07, 6.45) is -5.38. The third-order valence-electron chi connectivity index (χ3n) is 2.25. The van der Waals surface area contributed by atoms with Gasteiger partial charge in [-0.05, 0) is 17.7 Å². The van der Waals surface area contributed by atoms with Gasteiger partial charge in [-0.25, -0.2) is 0 Å². The summed E-state index contributed by atoms with van der Waals surface area (Å²) in [7, 11) is 2.85. The second kappa shape index (κ2) is 6.70. The lowest BCUT2D eigenvalue weighted by Crippen LogP contribution is -2.20. The molecule has 0 aromatic heterocycles. The molecule has 1 atom stereocenters. The highest BCUT2D eigenvalue weighted by Gasteiger charge is 2.31. The van der Waals surface area contributed by atoms with Gasteiger partial charge in [0.1, 0.15) is 11.5 Å². The van der Waals surface area contributed by atoms with Crippen LogP contribution in [0.3, 0.4) is 0 Å². The Morgan fingerprint density at radius 2 is 1.56 bits per heavy atom. The van der Waals surface area contributed by atoms with E-state index in [9.17, 15) is 13.2 Å². The Bertz CT molecular complexity index is 363. The molecule has 7 heteroatoms. The Morgan fingerprint density at radius 1 is 1.11 bits per heavy atom. The number of benzene rings is 1. The molecule has 0 amide bonds. The molecule has 0 spiro atoms. The van der Waals surface area contributed by atoms with Crippen LogP contribution in [0.15, 0.2) is 18.2 Å². The maximum absolute atomic E-state index is 12.2. The van der Waals surface area contributed by atoms with Gasteiger partial charge in [0.2, 0.25) is 0 Å². The fourth-order valence-corrected chi connectivity index (χ4v) is 1.41. The summed E-state index contributed by atoms with van der Waals surface area (Å²) < 4.78 is 46.6. The van der Waals surface area contributed by atoms with E-state index in [1.165, 1.54) is 26.4 Å². The first-order valence-corrected chi connectivity index (χ1v) is 4.91. The summed E-state index contributed by atoms with van der Waals surface area (Å²) in [4.78, 5) is 0. The molecular formula is C11H15ClF3NO2. The van der Waals surface area contributed by atoms with Gasteiger partial charge < -0.3 is 15.2 Å². The van der Waals surface area contributed by atoms with E-state index in [4.69, 9.17) is 15.2 Å². The van der Waals surface area contributed by atoms with Gasteiger partial charge in [-0.3, -0.25) is 0 Å². The minimum absolute atomic E-state index is 0. The molecule has 104 valence electrons.